The van der Waals surface area contributed by atoms with E-state index in [0.717, 1.165) is 16.2 Å². The van der Waals surface area contributed by atoms with Gasteiger partial charge in [-0.25, -0.2) is 14.3 Å². The summed E-state index contributed by atoms with van der Waals surface area (Å²) in [4.78, 5) is 64.3. The number of hydrogen-bond donors (Lipinski definition) is 5. The Labute approximate surface area is 260 Å². The number of hydrogen-bond acceptors (Lipinski definition) is 14. The summed E-state index contributed by atoms with van der Waals surface area (Å²) in [6, 6.07) is 2.30. The van der Waals surface area contributed by atoms with Gasteiger partial charge in [0.2, 0.25) is 6.10 Å². The summed E-state index contributed by atoms with van der Waals surface area (Å²) in [6.07, 6.45) is 0.250. The van der Waals surface area contributed by atoms with Gasteiger partial charge in [-0.05, 0) is 24.0 Å². The van der Waals surface area contributed by atoms with Crippen molar-refractivity contribution in [3.05, 3.63) is 39.6 Å². The number of oxime groups is 1. The third kappa shape index (κ3) is 5.61. The van der Waals surface area contributed by atoms with Gasteiger partial charge in [0, 0.05) is 11.3 Å². The molecule has 0 bridgehead atoms. The van der Waals surface area contributed by atoms with Crippen LogP contribution in [0.4, 0.5) is 11.1 Å². The average molecular weight is 666 g/mol. The Kier molecular flexibility index (Phi) is 8.64. The summed E-state index contributed by atoms with van der Waals surface area (Å²) < 4.78 is 3.27. The van der Waals surface area contributed by atoms with Gasteiger partial charge in [0.05, 0.1) is 31.0 Å². The number of carbonyl (C=O) groups is 4. The Hall–Kier alpha value is -4.46. The van der Waals surface area contributed by atoms with Gasteiger partial charge in [-0.2, -0.15) is 0 Å². The molecule has 232 valence electrons. The van der Waals surface area contributed by atoms with E-state index in [1.54, 1.807) is 27.5 Å². The number of carbonyl (C=O) groups excluding carboxylic acids is 3. The zero-order chi connectivity index (χ0) is 31.9. The number of nitrogens with zero attached hydrogens (tertiary/aromatic N) is 6. The molecule has 2 aliphatic heterocycles. The minimum atomic E-state index is -1.58. The van der Waals surface area contributed by atoms with E-state index in [9.17, 15) is 29.4 Å². The molecule has 1 saturated heterocycles. The Morgan fingerprint density at radius 1 is 1.36 bits per heavy atom. The number of pyridine rings is 1. The van der Waals surface area contributed by atoms with Crippen molar-refractivity contribution in [1.82, 2.24) is 24.8 Å². The van der Waals surface area contributed by atoms with Crippen molar-refractivity contribution in [3.8, 4) is 0 Å². The summed E-state index contributed by atoms with van der Waals surface area (Å²) in [5.41, 5.74) is 12.1. The number of thiazole rings is 1. The van der Waals surface area contributed by atoms with Crippen molar-refractivity contribution in [1.29, 1.82) is 0 Å². The lowest BCUT2D eigenvalue weighted by molar-refractivity contribution is -0.664. The molecule has 0 aromatic carbocycles. The maximum atomic E-state index is 13.3. The number of rotatable bonds is 11. The zero-order valence-electron chi connectivity index (χ0n) is 22.7. The van der Waals surface area contributed by atoms with Crippen LogP contribution < -0.4 is 26.5 Å². The molecular formula is C24H24ClN9O8S2. The van der Waals surface area contributed by atoms with Crippen LogP contribution >= 0.6 is 34.7 Å². The monoisotopic (exact) mass is 665 g/mol. The highest BCUT2D eigenvalue weighted by Crippen LogP contribution is 2.40. The van der Waals surface area contributed by atoms with Gasteiger partial charge in [0.25, 0.3) is 11.8 Å². The van der Waals surface area contributed by atoms with E-state index in [1.807, 2.05) is 0 Å². The minimum absolute atomic E-state index is 0.00167. The molecule has 5 rings (SSSR count). The van der Waals surface area contributed by atoms with E-state index >= 15 is 0 Å². The van der Waals surface area contributed by atoms with Crippen LogP contribution in [0.2, 0.25) is 4.34 Å². The molecule has 0 saturated carbocycles. The number of carboxylic acid groups (broad SMARTS) is 2. The first-order valence-corrected chi connectivity index (χ1v) is 15.0. The fourth-order valence-corrected chi connectivity index (χ4v) is 6.92. The van der Waals surface area contributed by atoms with Crippen LogP contribution in [-0.2, 0) is 37.1 Å². The summed E-state index contributed by atoms with van der Waals surface area (Å²) in [5, 5.41) is 36.1. The first-order chi connectivity index (χ1) is 20.9. The number of thioether (sulfide) groups is 1. The molecule has 3 aromatic heterocycles. The lowest BCUT2D eigenvalue weighted by Gasteiger charge is -2.50. The molecule has 2 aliphatic rings. The summed E-state index contributed by atoms with van der Waals surface area (Å²) in [5.74, 6) is -4.30. The van der Waals surface area contributed by atoms with E-state index in [0.29, 0.717) is 16.7 Å². The normalized spacial score (nSPS) is 19.0. The number of anilines is 2. The maximum absolute atomic E-state index is 13.3. The second-order valence-electron chi connectivity index (χ2n) is 9.49. The number of fused-ring (bicyclic) bond motifs is 2. The highest BCUT2D eigenvalue weighted by Gasteiger charge is 2.53. The number of carboxylic acids is 2. The van der Waals surface area contributed by atoms with Crippen molar-refractivity contribution in [2.45, 2.75) is 37.5 Å². The number of aromatic nitrogens is 4. The van der Waals surface area contributed by atoms with E-state index in [2.05, 4.69) is 20.4 Å². The van der Waals surface area contributed by atoms with Gasteiger partial charge in [-0.15, -0.1) is 11.8 Å². The Morgan fingerprint density at radius 3 is 2.75 bits per heavy atom. The second-order valence-corrected chi connectivity index (χ2v) is 12.2. The molecule has 3 aromatic rings. The summed E-state index contributed by atoms with van der Waals surface area (Å²) >= 11 is 8.19. The lowest BCUT2D eigenvalue weighted by Crippen LogP contribution is -2.71. The van der Waals surface area contributed by atoms with Crippen LogP contribution in [0, 0.1) is 0 Å². The predicted octanol–water partition coefficient (Wildman–Crippen LogP) is -2.11. The lowest BCUT2D eigenvalue weighted by atomic mass is 10.0. The van der Waals surface area contributed by atoms with Crippen LogP contribution in [0.1, 0.15) is 12.6 Å². The number of amides is 2. The second kappa shape index (κ2) is 12.3. The van der Waals surface area contributed by atoms with Gasteiger partial charge in [0.15, 0.2) is 10.8 Å². The molecule has 0 spiro atoms. The largest absolute Gasteiger partial charge is 0.543 e. The number of aliphatic carboxylic acids is 2. The molecule has 44 heavy (non-hydrogen) atoms. The van der Waals surface area contributed by atoms with Gasteiger partial charge in [-0.1, -0.05) is 28.1 Å². The number of nitrogens with two attached hydrogens (primary N) is 2. The number of aliphatic hydroxyl groups is 1. The smallest absolute Gasteiger partial charge is 0.351 e. The average Bonchev–Trinajstić information content (AvgIpc) is 3.48. The highest BCUT2D eigenvalue weighted by atomic mass is 35.5. The number of nitrogen functional groups attached to an aromatic ring is 2. The minimum Gasteiger partial charge on any atom is -0.543 e. The van der Waals surface area contributed by atoms with Crippen LogP contribution in [0.15, 0.2) is 34.8 Å². The quantitative estimate of drug-likeness (QED) is 0.0637. The van der Waals surface area contributed by atoms with Gasteiger partial charge in [-0.3, -0.25) is 19.1 Å². The molecular weight excluding hydrogens is 642 g/mol. The highest BCUT2D eigenvalue weighted by molar-refractivity contribution is 8.00. The van der Waals surface area contributed by atoms with Gasteiger partial charge < -0.3 is 41.7 Å². The fraction of sp³-hybridized carbons (Fsp3) is 0.333. The van der Waals surface area contributed by atoms with Crippen LogP contribution in [0.3, 0.4) is 0 Å². The number of aliphatic hydroxyl groups excluding tert-OH is 1. The third-order valence-electron chi connectivity index (χ3n) is 6.71. The standard InChI is InChI=1S/C24H24ClN9O8S2/c1-9(21(38)39)42-31-13(12-16(25)44-24(27)29-12)18(36)28-14-19(37)34-15(22(40)41)10(8-43-20(14)34)7-32-4-2-3-11-17(32)30-23(26)33(11)5-6-35/h2-4,9,14,20,26,35H,5-8H2,1H3,(H5,27,28,29,36,38,39,40,41)/b31-13-/t9-,14+,20?/m0/s1. The molecule has 5 heterocycles. The summed E-state index contributed by atoms with van der Waals surface area (Å²) in [6.45, 7) is 1.27. The van der Waals surface area contributed by atoms with Crippen LogP contribution in [-0.4, -0.2) is 89.0 Å². The topological polar surface area (TPSA) is 255 Å². The number of nitrogens with one attached hydrogen (secondary N) is 1. The summed E-state index contributed by atoms with van der Waals surface area (Å²) in [7, 11) is 0. The first-order valence-electron chi connectivity index (χ1n) is 12.8. The van der Waals surface area contributed by atoms with Crippen LogP contribution in [0.25, 0.3) is 11.2 Å². The van der Waals surface area contributed by atoms with Crippen molar-refractivity contribution >= 4 is 86.4 Å². The van der Waals surface area contributed by atoms with Crippen molar-refractivity contribution in [2.24, 2.45) is 5.16 Å². The molecule has 2 amide bonds. The van der Waals surface area contributed by atoms with Gasteiger partial charge >= 0.3 is 17.6 Å². The van der Waals surface area contributed by atoms with E-state index in [-0.39, 0.29) is 52.3 Å². The third-order valence-corrected chi connectivity index (χ3v) is 9.14. The molecule has 17 nitrogen and oxygen atoms in total. The molecule has 0 radical (unpaired) electrons. The molecule has 20 heteroatoms. The van der Waals surface area contributed by atoms with E-state index in [4.69, 9.17) is 33.0 Å². The van der Waals surface area contributed by atoms with E-state index < -0.39 is 47.0 Å². The molecule has 0 aliphatic carbocycles. The number of imidazole rings is 1. The molecule has 7 N–H and O–H groups in total. The molecule has 1 unspecified atom stereocenters. The SMILES string of the molecule is C[C@H](O/N=C(\C(=O)N[C@@H]1C(=O)N2C(C(=O)[O-])=C(C[n+]3cccc4c3nc(N)n4CCO)CSC12)c1nc(N)sc1Cl)C(=O)O. The predicted molar refractivity (Wildman–Crippen MR) is 155 cm³/mol. The first kappa shape index (κ1) is 31.0. The zero-order valence-corrected chi connectivity index (χ0v) is 25.1. The van der Waals surface area contributed by atoms with Crippen molar-refractivity contribution < 1.29 is 43.9 Å². The van der Waals surface area contributed by atoms with Crippen LogP contribution in [0.5, 0.6) is 0 Å². The van der Waals surface area contributed by atoms with Crippen molar-refractivity contribution in [2.75, 3.05) is 23.8 Å². The van der Waals surface area contributed by atoms with Crippen molar-refractivity contribution in [3.63, 3.8) is 0 Å². The maximum Gasteiger partial charge on any atom is 0.351 e. The fourth-order valence-electron chi connectivity index (χ4n) is 4.66. The number of halogens is 1. The molecule has 1 fully saturated rings. The Morgan fingerprint density at radius 2 is 2.11 bits per heavy atom. The van der Waals surface area contributed by atoms with Gasteiger partial charge in [0.1, 0.15) is 33.5 Å². The van der Waals surface area contributed by atoms with E-state index in [1.165, 1.54) is 18.7 Å². The molecule has 3 atom stereocenters. The Bertz CT molecular complexity index is 1760. The number of β-lactam (4-membered cyclic amide) rings is 1. The Balaban J connectivity index is 1.40.